The number of aromatic nitrogens is 2. The molecular formula is C19H18N4O3S. The Morgan fingerprint density at radius 3 is 2.52 bits per heavy atom. The summed E-state index contributed by atoms with van der Waals surface area (Å²) in [5, 5.41) is 8.22. The van der Waals surface area contributed by atoms with E-state index in [9.17, 15) is 8.42 Å². The van der Waals surface area contributed by atoms with Crippen molar-refractivity contribution in [3.8, 4) is 17.0 Å². The van der Waals surface area contributed by atoms with Crippen molar-refractivity contribution in [1.29, 1.82) is 0 Å². The molecule has 0 amide bonds. The molecule has 0 unspecified atom stereocenters. The van der Waals surface area contributed by atoms with E-state index in [1.165, 1.54) is 17.7 Å². The van der Waals surface area contributed by atoms with Crippen LogP contribution in [0.1, 0.15) is 11.1 Å². The van der Waals surface area contributed by atoms with Gasteiger partial charge in [-0.2, -0.15) is 0 Å². The summed E-state index contributed by atoms with van der Waals surface area (Å²) >= 11 is 0. The highest BCUT2D eigenvalue weighted by Crippen LogP contribution is 2.34. The number of sulfonamides is 1. The van der Waals surface area contributed by atoms with Crippen molar-refractivity contribution in [2.75, 3.05) is 12.4 Å². The van der Waals surface area contributed by atoms with Crippen molar-refractivity contribution in [3.63, 3.8) is 0 Å². The van der Waals surface area contributed by atoms with Gasteiger partial charge in [-0.15, -0.1) is 0 Å². The lowest BCUT2D eigenvalue weighted by Gasteiger charge is -2.20. The van der Waals surface area contributed by atoms with Crippen LogP contribution in [-0.4, -0.2) is 25.5 Å². The summed E-state index contributed by atoms with van der Waals surface area (Å²) < 4.78 is 28.0. The molecule has 8 heteroatoms. The first kappa shape index (κ1) is 17.4. The third kappa shape index (κ3) is 3.49. The van der Waals surface area contributed by atoms with Gasteiger partial charge in [-0.3, -0.25) is 0 Å². The van der Waals surface area contributed by atoms with E-state index in [-0.39, 0.29) is 4.90 Å². The van der Waals surface area contributed by atoms with E-state index in [1.54, 1.807) is 19.2 Å². The molecule has 0 radical (unpaired) electrons. The molecule has 0 spiro atoms. The van der Waals surface area contributed by atoms with Crippen molar-refractivity contribution >= 4 is 21.7 Å². The fourth-order valence-corrected chi connectivity index (χ4v) is 3.66. The minimum absolute atomic E-state index is 0.0577. The second kappa shape index (κ2) is 6.64. The molecule has 1 heterocycles. The SMILES string of the molecule is COc1ccc2c(c1)CCc1cnc(Nc3ccc(S(N)(=O)=O)cc3)nc1-2. The lowest BCUT2D eigenvalue weighted by atomic mass is 9.90. The van der Waals surface area contributed by atoms with Gasteiger partial charge in [-0.25, -0.2) is 23.5 Å². The van der Waals surface area contributed by atoms with E-state index >= 15 is 0 Å². The van der Waals surface area contributed by atoms with Crippen LogP contribution in [0.2, 0.25) is 0 Å². The van der Waals surface area contributed by atoms with Crippen LogP contribution in [0.4, 0.5) is 11.6 Å². The Kier molecular flexibility index (Phi) is 4.29. The summed E-state index contributed by atoms with van der Waals surface area (Å²) in [4.78, 5) is 9.10. The Hall–Kier alpha value is -2.97. The molecule has 0 fully saturated rings. The predicted octanol–water partition coefficient (Wildman–Crippen LogP) is 2.64. The first-order chi connectivity index (χ1) is 12.9. The number of primary sulfonamides is 1. The summed E-state index contributed by atoms with van der Waals surface area (Å²) in [5.74, 6) is 1.28. The summed E-state index contributed by atoms with van der Waals surface area (Å²) in [5.41, 5.74) is 4.95. The van der Waals surface area contributed by atoms with Gasteiger partial charge in [-0.1, -0.05) is 0 Å². The Morgan fingerprint density at radius 2 is 1.81 bits per heavy atom. The maximum Gasteiger partial charge on any atom is 0.238 e. The number of aryl methyl sites for hydroxylation is 2. The Bertz CT molecular complexity index is 1110. The van der Waals surface area contributed by atoms with Crippen LogP contribution >= 0.6 is 0 Å². The summed E-state index contributed by atoms with van der Waals surface area (Å²) in [6, 6.07) is 12.1. The number of ether oxygens (including phenoxy) is 1. The molecule has 3 aromatic rings. The van der Waals surface area contributed by atoms with E-state index < -0.39 is 10.0 Å². The zero-order valence-corrected chi connectivity index (χ0v) is 15.5. The van der Waals surface area contributed by atoms with Crippen LogP contribution in [0.25, 0.3) is 11.3 Å². The average Bonchev–Trinajstić information content (AvgIpc) is 2.67. The Balaban J connectivity index is 1.65. The van der Waals surface area contributed by atoms with Gasteiger partial charge in [0.15, 0.2) is 0 Å². The van der Waals surface area contributed by atoms with Crippen molar-refractivity contribution in [3.05, 3.63) is 59.8 Å². The number of methoxy groups -OCH3 is 1. The number of nitrogens with one attached hydrogen (secondary N) is 1. The van der Waals surface area contributed by atoms with E-state index in [2.05, 4.69) is 15.3 Å². The molecule has 7 nitrogen and oxygen atoms in total. The maximum atomic E-state index is 11.3. The molecule has 0 aliphatic heterocycles. The summed E-state index contributed by atoms with van der Waals surface area (Å²) in [7, 11) is -2.06. The Labute approximate surface area is 157 Å². The van der Waals surface area contributed by atoms with Gasteiger partial charge in [0.05, 0.1) is 17.7 Å². The third-order valence-corrected chi connectivity index (χ3v) is 5.46. The predicted molar refractivity (Wildman–Crippen MR) is 103 cm³/mol. The fourth-order valence-electron chi connectivity index (χ4n) is 3.14. The number of anilines is 2. The molecule has 0 atom stereocenters. The van der Waals surface area contributed by atoms with Gasteiger partial charge in [-0.05, 0) is 66.4 Å². The molecule has 138 valence electrons. The van der Waals surface area contributed by atoms with Gasteiger partial charge in [0.25, 0.3) is 0 Å². The molecule has 0 saturated heterocycles. The van der Waals surface area contributed by atoms with Crippen molar-refractivity contribution < 1.29 is 13.2 Å². The van der Waals surface area contributed by atoms with Crippen LogP contribution < -0.4 is 15.2 Å². The highest BCUT2D eigenvalue weighted by Gasteiger charge is 2.19. The largest absolute Gasteiger partial charge is 0.497 e. The number of rotatable bonds is 4. The lowest BCUT2D eigenvalue weighted by molar-refractivity contribution is 0.414. The van der Waals surface area contributed by atoms with Gasteiger partial charge in [0, 0.05) is 17.4 Å². The number of hydrogen-bond acceptors (Lipinski definition) is 6. The van der Waals surface area contributed by atoms with Crippen LogP contribution in [0.5, 0.6) is 5.75 Å². The minimum atomic E-state index is -3.71. The van der Waals surface area contributed by atoms with Crippen molar-refractivity contribution in [2.24, 2.45) is 5.14 Å². The van der Waals surface area contributed by atoms with Crippen LogP contribution in [0.15, 0.2) is 53.6 Å². The summed E-state index contributed by atoms with van der Waals surface area (Å²) in [6.45, 7) is 0. The highest BCUT2D eigenvalue weighted by atomic mass is 32.2. The lowest BCUT2D eigenvalue weighted by Crippen LogP contribution is -2.12. The molecule has 1 aliphatic rings. The maximum absolute atomic E-state index is 11.3. The number of nitrogens with zero attached hydrogens (tertiary/aromatic N) is 2. The second-order valence-corrected chi connectivity index (χ2v) is 7.85. The van der Waals surface area contributed by atoms with Crippen molar-refractivity contribution in [2.45, 2.75) is 17.7 Å². The average molecular weight is 382 g/mol. The monoisotopic (exact) mass is 382 g/mol. The van der Waals surface area contributed by atoms with E-state index in [0.29, 0.717) is 11.6 Å². The molecule has 2 aromatic carbocycles. The zero-order valence-electron chi connectivity index (χ0n) is 14.6. The number of hydrogen-bond donors (Lipinski definition) is 2. The topological polar surface area (TPSA) is 107 Å². The van der Waals surface area contributed by atoms with E-state index in [1.807, 2.05) is 24.4 Å². The van der Waals surface area contributed by atoms with E-state index in [0.717, 1.165) is 35.4 Å². The van der Waals surface area contributed by atoms with Gasteiger partial charge < -0.3 is 10.1 Å². The molecule has 0 bridgehead atoms. The number of nitrogens with two attached hydrogens (primary N) is 1. The molecule has 1 aromatic heterocycles. The normalized spacial score (nSPS) is 12.8. The first-order valence-electron chi connectivity index (χ1n) is 8.37. The smallest absolute Gasteiger partial charge is 0.238 e. The quantitative estimate of drug-likeness (QED) is 0.718. The fraction of sp³-hybridized carbons (Fsp3) is 0.158. The Morgan fingerprint density at radius 1 is 1.07 bits per heavy atom. The molecule has 27 heavy (non-hydrogen) atoms. The molecule has 1 aliphatic carbocycles. The van der Waals surface area contributed by atoms with Gasteiger partial charge in [0.2, 0.25) is 16.0 Å². The van der Waals surface area contributed by atoms with Crippen LogP contribution in [0.3, 0.4) is 0 Å². The number of fused-ring (bicyclic) bond motifs is 3. The van der Waals surface area contributed by atoms with Gasteiger partial charge in [0.1, 0.15) is 5.75 Å². The number of benzene rings is 2. The standard InChI is InChI=1S/C19H18N4O3S/c1-26-15-6-9-17-12(10-15)2-3-13-11-21-19(23-18(13)17)22-14-4-7-16(8-5-14)27(20,24)25/h4-11H,2-3H2,1H3,(H2,20,24,25)(H,21,22,23). The molecular weight excluding hydrogens is 364 g/mol. The van der Waals surface area contributed by atoms with Crippen LogP contribution in [-0.2, 0) is 22.9 Å². The molecule has 0 saturated carbocycles. The van der Waals surface area contributed by atoms with Gasteiger partial charge >= 0.3 is 0 Å². The van der Waals surface area contributed by atoms with Crippen molar-refractivity contribution in [1.82, 2.24) is 9.97 Å². The minimum Gasteiger partial charge on any atom is -0.497 e. The second-order valence-electron chi connectivity index (χ2n) is 6.28. The molecule has 4 rings (SSSR count). The zero-order chi connectivity index (χ0) is 19.0. The summed E-state index contributed by atoms with van der Waals surface area (Å²) in [6.07, 6.45) is 3.63. The third-order valence-electron chi connectivity index (χ3n) is 4.53. The molecule has 3 N–H and O–H groups in total. The highest BCUT2D eigenvalue weighted by molar-refractivity contribution is 7.89. The van der Waals surface area contributed by atoms with Crippen LogP contribution in [0, 0.1) is 0 Å². The first-order valence-corrected chi connectivity index (χ1v) is 9.92. The van der Waals surface area contributed by atoms with E-state index in [4.69, 9.17) is 9.88 Å².